The van der Waals surface area contributed by atoms with Gasteiger partial charge in [-0.15, -0.1) is 5.11 Å². The Balaban J connectivity index is 2.44. The third-order valence-corrected chi connectivity index (χ3v) is 3.36. The summed E-state index contributed by atoms with van der Waals surface area (Å²) < 4.78 is 5.93. The second-order valence-electron chi connectivity index (χ2n) is 4.90. The molecule has 1 unspecified atom stereocenters. The zero-order valence-corrected chi connectivity index (χ0v) is 12.6. The lowest BCUT2D eigenvalue weighted by atomic mass is 9.96. The van der Waals surface area contributed by atoms with Gasteiger partial charge in [0, 0.05) is 5.56 Å². The largest absolute Gasteiger partial charge is 0.462 e. The molecular formula is C17H18N2O3. The summed E-state index contributed by atoms with van der Waals surface area (Å²) in [7, 11) is 0. The molecule has 22 heavy (non-hydrogen) atoms. The van der Waals surface area contributed by atoms with Gasteiger partial charge in [-0.05, 0) is 36.6 Å². The Kier molecular flexibility index (Phi) is 5.25. The van der Waals surface area contributed by atoms with E-state index in [2.05, 4.69) is 17.2 Å². The van der Waals surface area contributed by atoms with Crippen molar-refractivity contribution in [2.24, 2.45) is 10.2 Å². The highest BCUT2D eigenvalue weighted by atomic mass is 16.5. The van der Waals surface area contributed by atoms with E-state index in [9.17, 15) is 4.79 Å². The summed E-state index contributed by atoms with van der Waals surface area (Å²) in [4.78, 5) is 10.6. The number of amides is 1. The summed E-state index contributed by atoms with van der Waals surface area (Å²) in [6, 6.07) is 14.8. The van der Waals surface area contributed by atoms with Crippen LogP contribution in [0.3, 0.4) is 0 Å². The fourth-order valence-corrected chi connectivity index (χ4v) is 2.12. The lowest BCUT2D eigenvalue weighted by molar-refractivity contribution is 0.204. The Bertz CT molecular complexity index is 669. The number of benzene rings is 2. The molecule has 0 heterocycles. The summed E-state index contributed by atoms with van der Waals surface area (Å²) in [5.41, 5.74) is 1.38. The number of nitrogens with zero attached hydrogens (tertiary/aromatic N) is 2. The van der Waals surface area contributed by atoms with E-state index in [0.29, 0.717) is 11.4 Å². The van der Waals surface area contributed by atoms with Gasteiger partial charge in [0.15, 0.2) is 0 Å². The Hall–Kier alpha value is -2.69. The van der Waals surface area contributed by atoms with E-state index in [4.69, 9.17) is 9.84 Å². The van der Waals surface area contributed by atoms with E-state index < -0.39 is 6.09 Å². The van der Waals surface area contributed by atoms with E-state index in [1.165, 1.54) is 0 Å². The van der Waals surface area contributed by atoms with E-state index >= 15 is 0 Å². The third-order valence-electron chi connectivity index (χ3n) is 3.36. The molecule has 2 aromatic rings. The van der Waals surface area contributed by atoms with Crippen LogP contribution in [-0.2, 0) is 0 Å². The van der Waals surface area contributed by atoms with Gasteiger partial charge in [0.1, 0.15) is 11.5 Å². The van der Waals surface area contributed by atoms with Crippen molar-refractivity contribution >= 4 is 11.8 Å². The highest BCUT2D eigenvalue weighted by Crippen LogP contribution is 2.39. The fourth-order valence-electron chi connectivity index (χ4n) is 2.12. The van der Waals surface area contributed by atoms with Gasteiger partial charge >= 0.3 is 6.09 Å². The highest BCUT2D eigenvalue weighted by molar-refractivity contribution is 5.66. The lowest BCUT2D eigenvalue weighted by Crippen LogP contribution is -1.97. The van der Waals surface area contributed by atoms with Crippen molar-refractivity contribution < 1.29 is 14.6 Å². The molecule has 2 rings (SSSR count). The summed E-state index contributed by atoms with van der Waals surface area (Å²) in [5, 5.41) is 15.7. The van der Waals surface area contributed by atoms with Gasteiger partial charge in [-0.2, -0.15) is 0 Å². The maximum atomic E-state index is 10.6. The number of carboxylic acid groups (broad SMARTS) is 1. The minimum atomic E-state index is -1.32. The van der Waals surface area contributed by atoms with Crippen LogP contribution >= 0.6 is 0 Å². The van der Waals surface area contributed by atoms with E-state index in [1.807, 2.05) is 43.3 Å². The van der Waals surface area contributed by atoms with Crippen LogP contribution in [0.5, 0.6) is 11.5 Å². The van der Waals surface area contributed by atoms with Crippen molar-refractivity contribution in [2.45, 2.75) is 26.2 Å². The molecule has 1 N–H and O–H groups in total. The Morgan fingerprint density at radius 1 is 1.18 bits per heavy atom. The molecule has 0 bridgehead atoms. The average Bonchev–Trinajstić information content (AvgIpc) is 2.53. The van der Waals surface area contributed by atoms with Crippen molar-refractivity contribution in [2.75, 3.05) is 0 Å². The first kappa shape index (κ1) is 15.7. The Morgan fingerprint density at radius 3 is 2.55 bits per heavy atom. The van der Waals surface area contributed by atoms with Crippen molar-refractivity contribution in [3.05, 3.63) is 54.1 Å². The van der Waals surface area contributed by atoms with Gasteiger partial charge in [0.2, 0.25) is 0 Å². The third kappa shape index (κ3) is 3.91. The van der Waals surface area contributed by atoms with Crippen LogP contribution in [0.1, 0.15) is 31.7 Å². The molecule has 1 amide bonds. The molecule has 0 aliphatic rings. The smallest absolute Gasteiger partial charge is 0.449 e. The average molecular weight is 298 g/mol. The Labute approximate surface area is 129 Å². The molecule has 114 valence electrons. The molecule has 0 radical (unpaired) electrons. The first-order chi connectivity index (χ1) is 10.6. The predicted molar refractivity (Wildman–Crippen MR) is 84.2 cm³/mol. The van der Waals surface area contributed by atoms with Crippen LogP contribution in [-0.4, -0.2) is 11.2 Å². The van der Waals surface area contributed by atoms with Gasteiger partial charge in [-0.1, -0.05) is 43.2 Å². The van der Waals surface area contributed by atoms with E-state index in [0.717, 1.165) is 17.7 Å². The second kappa shape index (κ2) is 7.36. The first-order valence-corrected chi connectivity index (χ1v) is 7.12. The number of ether oxygens (including phenoxy) is 1. The highest BCUT2D eigenvalue weighted by Gasteiger charge is 2.16. The van der Waals surface area contributed by atoms with Crippen molar-refractivity contribution in [3.8, 4) is 11.5 Å². The molecule has 0 aliphatic heterocycles. The molecular weight excluding hydrogens is 280 g/mol. The quantitative estimate of drug-likeness (QED) is 0.714. The number of azo groups is 1. The number of rotatable bonds is 5. The van der Waals surface area contributed by atoms with Crippen molar-refractivity contribution in [1.29, 1.82) is 0 Å². The zero-order valence-electron chi connectivity index (χ0n) is 12.6. The van der Waals surface area contributed by atoms with E-state index in [1.54, 1.807) is 12.1 Å². The van der Waals surface area contributed by atoms with Gasteiger partial charge in [-0.3, -0.25) is 0 Å². The number of hydrogen-bond acceptors (Lipinski definition) is 3. The molecule has 0 spiro atoms. The molecule has 0 aromatic heterocycles. The first-order valence-electron chi connectivity index (χ1n) is 7.12. The lowest BCUT2D eigenvalue weighted by Gasteiger charge is -2.17. The molecule has 0 fully saturated rings. The summed E-state index contributed by atoms with van der Waals surface area (Å²) in [6.45, 7) is 4.11. The molecule has 1 atom stereocenters. The Morgan fingerprint density at radius 2 is 1.91 bits per heavy atom. The van der Waals surface area contributed by atoms with Crippen molar-refractivity contribution in [1.82, 2.24) is 0 Å². The SMILES string of the molecule is CCC(C)c1c(N=NC(=O)O)cccc1Oc1ccccc1. The van der Waals surface area contributed by atoms with E-state index in [-0.39, 0.29) is 5.92 Å². The van der Waals surface area contributed by atoms with Crippen LogP contribution in [0, 0.1) is 0 Å². The topological polar surface area (TPSA) is 71.2 Å². The number of carbonyl (C=O) groups is 1. The number of para-hydroxylation sites is 1. The second-order valence-corrected chi connectivity index (χ2v) is 4.90. The van der Waals surface area contributed by atoms with Crippen LogP contribution in [0.25, 0.3) is 0 Å². The van der Waals surface area contributed by atoms with Crippen LogP contribution in [0.15, 0.2) is 58.8 Å². The van der Waals surface area contributed by atoms with Gasteiger partial charge in [0.25, 0.3) is 0 Å². The predicted octanol–water partition coefficient (Wildman–Crippen LogP) is 5.75. The summed E-state index contributed by atoms with van der Waals surface area (Å²) in [5.74, 6) is 1.56. The summed E-state index contributed by atoms with van der Waals surface area (Å²) in [6.07, 6.45) is -0.436. The zero-order chi connectivity index (χ0) is 15.9. The molecule has 5 nitrogen and oxygen atoms in total. The molecule has 5 heteroatoms. The normalized spacial score (nSPS) is 12.3. The maximum absolute atomic E-state index is 10.6. The molecule has 0 saturated heterocycles. The van der Waals surface area contributed by atoms with Crippen LogP contribution in [0.4, 0.5) is 10.5 Å². The van der Waals surface area contributed by atoms with Crippen LogP contribution < -0.4 is 4.74 Å². The molecule has 2 aromatic carbocycles. The standard InChI is InChI=1S/C17H18N2O3/c1-3-12(2)16-14(18-19-17(20)21)10-7-11-15(16)22-13-8-5-4-6-9-13/h4-12H,3H2,1-2H3,(H,20,21). The van der Waals surface area contributed by atoms with Gasteiger partial charge < -0.3 is 9.84 Å². The summed E-state index contributed by atoms with van der Waals surface area (Å²) >= 11 is 0. The molecule has 0 saturated carbocycles. The van der Waals surface area contributed by atoms with Crippen molar-refractivity contribution in [3.63, 3.8) is 0 Å². The fraction of sp³-hybridized carbons (Fsp3) is 0.235. The van der Waals surface area contributed by atoms with Crippen LogP contribution in [0.2, 0.25) is 0 Å². The maximum Gasteiger partial charge on any atom is 0.449 e. The molecule has 0 aliphatic carbocycles. The number of hydrogen-bond donors (Lipinski definition) is 1. The van der Waals surface area contributed by atoms with Gasteiger partial charge in [-0.25, -0.2) is 4.79 Å². The minimum absolute atomic E-state index is 0.169. The monoisotopic (exact) mass is 298 g/mol. The van der Waals surface area contributed by atoms with Gasteiger partial charge in [0.05, 0.1) is 5.69 Å². The minimum Gasteiger partial charge on any atom is -0.462 e.